The van der Waals surface area contributed by atoms with E-state index in [1.807, 2.05) is 24.4 Å². The Morgan fingerprint density at radius 1 is 1.38 bits per heavy atom. The maximum absolute atomic E-state index is 11.5. The van der Waals surface area contributed by atoms with Gasteiger partial charge in [-0.2, -0.15) is 0 Å². The quantitative estimate of drug-likeness (QED) is 0.813. The highest BCUT2D eigenvalue weighted by atomic mass is 35.5. The molecule has 1 aromatic carbocycles. The van der Waals surface area contributed by atoms with E-state index in [1.54, 1.807) is 12.1 Å². The second-order valence-corrected chi connectivity index (χ2v) is 6.23. The number of benzene rings is 1. The van der Waals surface area contributed by atoms with Crippen molar-refractivity contribution in [3.05, 3.63) is 50.1 Å². The van der Waals surface area contributed by atoms with Crippen LogP contribution in [0.5, 0.6) is 5.75 Å². The van der Waals surface area contributed by atoms with Crippen LogP contribution in [-0.4, -0.2) is 17.7 Å². The summed E-state index contributed by atoms with van der Waals surface area (Å²) in [6.45, 7) is 2.31. The lowest BCUT2D eigenvalue weighted by Gasteiger charge is -2.13. The summed E-state index contributed by atoms with van der Waals surface area (Å²) in [5, 5.41) is 12.1. The number of aliphatic carboxylic acids is 1. The third-order valence-electron chi connectivity index (χ3n) is 2.97. The first-order chi connectivity index (χ1) is 10.0. The average Bonchev–Trinajstić information content (AvgIpc) is 2.93. The van der Waals surface area contributed by atoms with Crippen LogP contribution in [0.2, 0.25) is 10.0 Å². The Bertz CT molecular complexity index is 603. The van der Waals surface area contributed by atoms with Crippen LogP contribution in [0.3, 0.4) is 0 Å². The standard InChI is InChI=1S/C15H14Cl2O3S/c1-2-20-14-11(16)7-9(8-12(14)17)6-10(15(18)19)13-4-3-5-21-13/h3-5,7-8,10H,2,6H2,1H3,(H,18,19). The summed E-state index contributed by atoms with van der Waals surface area (Å²) < 4.78 is 5.37. The fourth-order valence-corrected chi connectivity index (χ4v) is 3.51. The number of carboxylic acid groups (broad SMARTS) is 1. The molecule has 0 saturated carbocycles. The van der Waals surface area contributed by atoms with Gasteiger partial charge in [-0.25, -0.2) is 0 Å². The molecule has 0 aliphatic carbocycles. The fraction of sp³-hybridized carbons (Fsp3) is 0.267. The van der Waals surface area contributed by atoms with Gasteiger partial charge >= 0.3 is 5.97 Å². The number of carboxylic acids is 1. The van der Waals surface area contributed by atoms with Crippen molar-refractivity contribution >= 4 is 40.5 Å². The molecule has 0 fully saturated rings. The highest BCUT2D eigenvalue weighted by molar-refractivity contribution is 7.10. The Balaban J connectivity index is 2.28. The van der Waals surface area contributed by atoms with Gasteiger partial charge in [0.05, 0.1) is 22.6 Å². The average molecular weight is 345 g/mol. The van der Waals surface area contributed by atoms with E-state index in [4.69, 9.17) is 27.9 Å². The fourth-order valence-electron chi connectivity index (χ4n) is 2.05. The Morgan fingerprint density at radius 3 is 2.52 bits per heavy atom. The van der Waals surface area contributed by atoms with Crippen molar-refractivity contribution < 1.29 is 14.6 Å². The molecule has 0 amide bonds. The summed E-state index contributed by atoms with van der Waals surface area (Å²) in [5.74, 6) is -1.03. The van der Waals surface area contributed by atoms with Gasteiger partial charge in [-0.3, -0.25) is 4.79 Å². The molecule has 0 saturated heterocycles. The number of carbonyl (C=O) groups is 1. The first-order valence-electron chi connectivity index (χ1n) is 6.39. The molecule has 0 aliphatic heterocycles. The molecule has 21 heavy (non-hydrogen) atoms. The summed E-state index contributed by atoms with van der Waals surface area (Å²) in [5.41, 5.74) is 0.772. The molecule has 1 aromatic heterocycles. The monoisotopic (exact) mass is 344 g/mol. The van der Waals surface area contributed by atoms with Crippen LogP contribution in [0.15, 0.2) is 29.6 Å². The predicted molar refractivity (Wildman–Crippen MR) is 86.0 cm³/mol. The Hall–Kier alpha value is -1.23. The van der Waals surface area contributed by atoms with E-state index in [1.165, 1.54) is 11.3 Å². The van der Waals surface area contributed by atoms with Crippen LogP contribution in [-0.2, 0) is 11.2 Å². The molecule has 112 valence electrons. The van der Waals surface area contributed by atoms with Crippen LogP contribution in [0, 0.1) is 0 Å². The maximum atomic E-state index is 11.5. The first-order valence-corrected chi connectivity index (χ1v) is 8.03. The summed E-state index contributed by atoms with van der Waals surface area (Å²) in [6, 6.07) is 7.08. The van der Waals surface area contributed by atoms with Crippen molar-refractivity contribution in [1.29, 1.82) is 0 Å². The molecule has 1 atom stereocenters. The predicted octanol–water partition coefficient (Wildman–Crippen LogP) is 4.86. The Morgan fingerprint density at radius 2 is 2.05 bits per heavy atom. The SMILES string of the molecule is CCOc1c(Cl)cc(CC(C(=O)O)c2cccs2)cc1Cl. The molecule has 0 radical (unpaired) electrons. The van der Waals surface area contributed by atoms with Gasteiger partial charge in [0, 0.05) is 4.88 Å². The zero-order valence-corrected chi connectivity index (χ0v) is 13.6. The normalized spacial score (nSPS) is 12.1. The molecule has 2 rings (SSSR count). The van der Waals surface area contributed by atoms with Crippen molar-refractivity contribution in [2.45, 2.75) is 19.3 Å². The minimum Gasteiger partial charge on any atom is -0.491 e. The topological polar surface area (TPSA) is 46.5 Å². The number of hydrogen-bond donors (Lipinski definition) is 1. The van der Waals surface area contributed by atoms with E-state index in [0.717, 1.165) is 10.4 Å². The second kappa shape index (κ2) is 7.16. The molecular weight excluding hydrogens is 331 g/mol. The number of halogens is 2. The highest BCUT2D eigenvalue weighted by Gasteiger charge is 2.22. The molecule has 0 bridgehead atoms. The van der Waals surface area contributed by atoms with Crippen LogP contribution in [0.4, 0.5) is 0 Å². The Labute approximate surface area is 137 Å². The molecular formula is C15H14Cl2O3S. The van der Waals surface area contributed by atoms with E-state index in [2.05, 4.69) is 0 Å². The lowest BCUT2D eigenvalue weighted by Crippen LogP contribution is -2.13. The van der Waals surface area contributed by atoms with E-state index in [-0.39, 0.29) is 0 Å². The number of ether oxygens (including phenoxy) is 1. The summed E-state index contributed by atoms with van der Waals surface area (Å²) in [7, 11) is 0. The van der Waals surface area contributed by atoms with Gasteiger partial charge in [0.1, 0.15) is 0 Å². The van der Waals surface area contributed by atoms with Crippen LogP contribution < -0.4 is 4.74 Å². The lowest BCUT2D eigenvalue weighted by molar-refractivity contribution is -0.138. The van der Waals surface area contributed by atoms with Gasteiger partial charge < -0.3 is 9.84 Å². The molecule has 1 heterocycles. The molecule has 3 nitrogen and oxygen atoms in total. The first kappa shape index (κ1) is 16.1. The van der Waals surface area contributed by atoms with E-state index < -0.39 is 11.9 Å². The molecule has 0 aliphatic rings. The van der Waals surface area contributed by atoms with Crippen LogP contribution in [0.1, 0.15) is 23.3 Å². The third kappa shape index (κ3) is 3.90. The number of thiophene rings is 1. The summed E-state index contributed by atoms with van der Waals surface area (Å²) >= 11 is 13.7. The Kier molecular flexibility index (Phi) is 5.51. The molecule has 1 unspecified atom stereocenters. The number of hydrogen-bond acceptors (Lipinski definition) is 3. The van der Waals surface area contributed by atoms with Crippen molar-refractivity contribution in [2.24, 2.45) is 0 Å². The smallest absolute Gasteiger partial charge is 0.312 e. The zero-order valence-electron chi connectivity index (χ0n) is 11.3. The minimum atomic E-state index is -0.862. The van der Waals surface area contributed by atoms with Crippen LogP contribution in [0.25, 0.3) is 0 Å². The van der Waals surface area contributed by atoms with Gasteiger partial charge in [0.25, 0.3) is 0 Å². The summed E-state index contributed by atoms with van der Waals surface area (Å²) in [4.78, 5) is 12.3. The van der Waals surface area contributed by atoms with Crippen molar-refractivity contribution in [2.75, 3.05) is 6.61 Å². The number of rotatable bonds is 6. The molecule has 2 aromatic rings. The van der Waals surface area contributed by atoms with Crippen LogP contribution >= 0.6 is 34.5 Å². The molecule has 0 spiro atoms. The van der Waals surface area contributed by atoms with Crippen molar-refractivity contribution in [1.82, 2.24) is 0 Å². The highest BCUT2D eigenvalue weighted by Crippen LogP contribution is 2.36. The second-order valence-electron chi connectivity index (χ2n) is 4.43. The third-order valence-corrected chi connectivity index (χ3v) is 4.52. The lowest BCUT2D eigenvalue weighted by atomic mass is 9.98. The minimum absolute atomic E-state index is 0.335. The largest absolute Gasteiger partial charge is 0.491 e. The molecule has 6 heteroatoms. The van der Waals surface area contributed by atoms with Gasteiger partial charge in [-0.05, 0) is 42.5 Å². The van der Waals surface area contributed by atoms with Crippen molar-refractivity contribution in [3.8, 4) is 5.75 Å². The van der Waals surface area contributed by atoms with Crippen molar-refractivity contribution in [3.63, 3.8) is 0 Å². The van der Waals surface area contributed by atoms with E-state index in [0.29, 0.717) is 28.8 Å². The van der Waals surface area contributed by atoms with Gasteiger partial charge in [0.2, 0.25) is 0 Å². The van der Waals surface area contributed by atoms with Gasteiger partial charge in [-0.15, -0.1) is 11.3 Å². The zero-order chi connectivity index (χ0) is 15.4. The van der Waals surface area contributed by atoms with E-state index >= 15 is 0 Å². The molecule has 1 N–H and O–H groups in total. The van der Waals surface area contributed by atoms with Gasteiger partial charge in [-0.1, -0.05) is 29.3 Å². The maximum Gasteiger partial charge on any atom is 0.312 e. The summed E-state index contributed by atoms with van der Waals surface area (Å²) in [6.07, 6.45) is 0.335. The van der Waals surface area contributed by atoms with E-state index in [9.17, 15) is 9.90 Å². The van der Waals surface area contributed by atoms with Gasteiger partial charge in [0.15, 0.2) is 5.75 Å².